The molecule has 20 heavy (non-hydrogen) atoms. The van der Waals surface area contributed by atoms with Crippen molar-refractivity contribution in [2.24, 2.45) is 5.73 Å². The Balaban J connectivity index is 3.60. The monoisotopic (exact) mass is 304 g/mol. The van der Waals surface area contributed by atoms with Gasteiger partial charge in [-0.05, 0) is 5.41 Å². The summed E-state index contributed by atoms with van der Waals surface area (Å²) in [5.74, 6) is -0.743. The first-order valence-electron chi connectivity index (χ1n) is 5.97. The molecule has 3 amide bonds. The molecule has 0 aromatic rings. The highest BCUT2D eigenvalue weighted by Gasteiger charge is 2.06. The summed E-state index contributed by atoms with van der Waals surface area (Å²) in [6.07, 6.45) is 1.70. The topological polar surface area (TPSA) is 134 Å². The number of carbonyl (C=O) groups excluding carboxylic acids is 3. The lowest BCUT2D eigenvalue weighted by atomic mass is 10.4. The molecule has 0 saturated heterocycles. The number of amides is 3. The Kier molecular flexibility index (Phi) is 11.5. The summed E-state index contributed by atoms with van der Waals surface area (Å²) in [5, 5.41) is 17.4. The molecule has 114 valence electrons. The maximum absolute atomic E-state index is 11.3. The summed E-state index contributed by atoms with van der Waals surface area (Å²) < 4.78 is 0. The molecule has 0 radical (unpaired) electrons. The summed E-state index contributed by atoms with van der Waals surface area (Å²) in [5.41, 5.74) is 5.18. The quantitative estimate of drug-likeness (QED) is 0.231. The van der Waals surface area contributed by atoms with Crippen LogP contribution < -0.4 is 21.7 Å². The maximum atomic E-state index is 11.3. The molecule has 0 fully saturated rings. The third kappa shape index (κ3) is 11.5. The van der Waals surface area contributed by atoms with E-state index < -0.39 is 5.91 Å². The number of hydrogen-bond acceptors (Lipinski definition) is 6. The molecule has 0 spiro atoms. The summed E-state index contributed by atoms with van der Waals surface area (Å²) >= 11 is 1.31. The first kappa shape index (κ1) is 18.4. The molecule has 0 unspecified atom stereocenters. The van der Waals surface area contributed by atoms with Crippen LogP contribution in [0.4, 0.5) is 0 Å². The summed E-state index contributed by atoms with van der Waals surface area (Å²) in [6.45, 7) is -0.166. The average Bonchev–Trinajstić information content (AvgIpc) is 2.43. The van der Waals surface area contributed by atoms with Gasteiger partial charge >= 0.3 is 0 Å². The summed E-state index contributed by atoms with van der Waals surface area (Å²) in [7, 11) is 0. The van der Waals surface area contributed by atoms with Gasteiger partial charge in [-0.15, -0.1) is 11.8 Å². The van der Waals surface area contributed by atoms with E-state index in [2.05, 4.69) is 16.0 Å². The molecule has 0 aliphatic rings. The highest BCUT2D eigenvalue weighted by Crippen LogP contribution is 1.97. The van der Waals surface area contributed by atoms with Crippen LogP contribution in [-0.2, 0) is 14.4 Å². The Hall–Kier alpha value is -1.58. The van der Waals surface area contributed by atoms with Crippen LogP contribution in [0.3, 0.4) is 0 Å². The number of nitrogens with two attached hydrogens (primary N) is 1. The van der Waals surface area contributed by atoms with Gasteiger partial charge < -0.3 is 26.8 Å². The van der Waals surface area contributed by atoms with Gasteiger partial charge in [0.1, 0.15) is 0 Å². The number of hydrogen-bond donors (Lipinski definition) is 5. The van der Waals surface area contributed by atoms with Crippen LogP contribution in [0.5, 0.6) is 0 Å². The van der Waals surface area contributed by atoms with Crippen LogP contribution in [0.25, 0.3) is 0 Å². The van der Waals surface area contributed by atoms with Crippen LogP contribution in [0.2, 0.25) is 0 Å². The van der Waals surface area contributed by atoms with Crippen molar-refractivity contribution >= 4 is 29.5 Å². The third-order valence-electron chi connectivity index (χ3n) is 1.91. The largest absolute Gasteiger partial charge is 0.392 e. The van der Waals surface area contributed by atoms with E-state index in [1.54, 1.807) is 11.5 Å². The minimum atomic E-state index is -0.446. The highest BCUT2D eigenvalue weighted by atomic mass is 32.2. The van der Waals surface area contributed by atoms with Gasteiger partial charge in [-0.1, -0.05) is 6.08 Å². The van der Waals surface area contributed by atoms with Crippen molar-refractivity contribution in [3.05, 3.63) is 11.5 Å². The van der Waals surface area contributed by atoms with Gasteiger partial charge in [0.25, 0.3) is 0 Å². The Morgan fingerprint density at radius 3 is 2.25 bits per heavy atom. The van der Waals surface area contributed by atoms with Gasteiger partial charge in [-0.2, -0.15) is 0 Å². The van der Waals surface area contributed by atoms with Crippen molar-refractivity contribution in [2.75, 3.05) is 32.1 Å². The zero-order valence-electron chi connectivity index (χ0n) is 11.1. The number of aliphatic hydroxyl groups excluding tert-OH is 1. The second-order valence-electron chi connectivity index (χ2n) is 3.56. The fourth-order valence-electron chi connectivity index (χ4n) is 0.984. The van der Waals surface area contributed by atoms with Crippen molar-refractivity contribution < 1.29 is 19.5 Å². The second-order valence-corrected chi connectivity index (χ2v) is 4.45. The molecule has 6 N–H and O–H groups in total. The minimum Gasteiger partial charge on any atom is -0.392 e. The van der Waals surface area contributed by atoms with E-state index in [1.165, 1.54) is 11.8 Å². The summed E-state index contributed by atoms with van der Waals surface area (Å²) in [4.78, 5) is 33.6. The molecule has 0 aromatic carbocycles. The molecule has 9 heteroatoms. The van der Waals surface area contributed by atoms with E-state index in [1.807, 2.05) is 0 Å². The van der Waals surface area contributed by atoms with Gasteiger partial charge in [0.05, 0.1) is 25.6 Å². The fourth-order valence-corrected chi connectivity index (χ4v) is 1.55. The molecule has 0 saturated carbocycles. The molecule has 8 nitrogen and oxygen atoms in total. The first-order valence-corrected chi connectivity index (χ1v) is 7.02. The Labute approximate surface area is 121 Å². The lowest BCUT2D eigenvalue weighted by Crippen LogP contribution is -2.42. The van der Waals surface area contributed by atoms with E-state index in [4.69, 9.17) is 10.8 Å². The zero-order valence-corrected chi connectivity index (χ0v) is 11.9. The SMILES string of the molecule is NCCC(=O)NCC(=O)NCC(=O)NCSC=CCO. The smallest absolute Gasteiger partial charge is 0.240 e. The molecule has 0 bridgehead atoms. The predicted octanol–water partition coefficient (Wildman–Crippen LogP) is -2.12. The molecule has 0 atom stereocenters. The van der Waals surface area contributed by atoms with Crippen molar-refractivity contribution in [2.45, 2.75) is 6.42 Å². The first-order chi connectivity index (χ1) is 9.60. The minimum absolute atomic E-state index is 0.0487. The number of rotatable bonds is 10. The Morgan fingerprint density at radius 1 is 1.05 bits per heavy atom. The van der Waals surface area contributed by atoms with E-state index in [9.17, 15) is 14.4 Å². The highest BCUT2D eigenvalue weighted by molar-refractivity contribution is 8.02. The second kappa shape index (κ2) is 12.5. The van der Waals surface area contributed by atoms with E-state index in [0.29, 0.717) is 5.88 Å². The normalized spacial score (nSPS) is 10.3. The number of thioether (sulfide) groups is 1. The van der Waals surface area contributed by atoms with E-state index >= 15 is 0 Å². The molecular formula is C11H20N4O4S. The Morgan fingerprint density at radius 2 is 1.65 bits per heavy atom. The maximum Gasteiger partial charge on any atom is 0.240 e. The van der Waals surface area contributed by atoms with Gasteiger partial charge in [0, 0.05) is 13.0 Å². The van der Waals surface area contributed by atoms with E-state index in [0.717, 1.165) is 0 Å². The van der Waals surface area contributed by atoms with Gasteiger partial charge in [0.2, 0.25) is 17.7 Å². The van der Waals surface area contributed by atoms with Crippen LogP contribution in [0.1, 0.15) is 6.42 Å². The number of carbonyl (C=O) groups is 3. The van der Waals surface area contributed by atoms with Crippen molar-refractivity contribution in [1.82, 2.24) is 16.0 Å². The fraction of sp³-hybridized carbons (Fsp3) is 0.545. The molecule has 0 aliphatic heterocycles. The third-order valence-corrected chi connectivity index (χ3v) is 2.61. The zero-order chi connectivity index (χ0) is 15.2. The van der Waals surface area contributed by atoms with Gasteiger partial charge in [-0.25, -0.2) is 0 Å². The lowest BCUT2D eigenvalue weighted by Gasteiger charge is -2.07. The number of nitrogens with one attached hydrogen (secondary N) is 3. The number of aliphatic hydroxyl groups is 1. The molecule has 0 aliphatic carbocycles. The summed E-state index contributed by atoms with van der Waals surface area (Å²) in [6, 6.07) is 0. The predicted molar refractivity (Wildman–Crippen MR) is 76.5 cm³/mol. The molecule has 0 aromatic heterocycles. The van der Waals surface area contributed by atoms with Crippen LogP contribution in [0, 0.1) is 0 Å². The van der Waals surface area contributed by atoms with Crippen molar-refractivity contribution in [3.63, 3.8) is 0 Å². The van der Waals surface area contributed by atoms with E-state index in [-0.39, 0.29) is 44.5 Å². The van der Waals surface area contributed by atoms with Gasteiger partial charge in [0.15, 0.2) is 0 Å². The molecule has 0 heterocycles. The Bertz CT molecular complexity index is 349. The molecular weight excluding hydrogens is 284 g/mol. The standard InChI is InChI=1S/C11H20N4O4S/c12-3-2-9(17)13-6-10(18)14-7-11(19)15-8-20-5-1-4-16/h1,5,16H,2-4,6-8,12H2,(H,13,17)(H,14,18)(H,15,19). The van der Waals surface area contributed by atoms with Crippen molar-refractivity contribution in [1.29, 1.82) is 0 Å². The van der Waals surface area contributed by atoms with Crippen LogP contribution >= 0.6 is 11.8 Å². The molecule has 0 rings (SSSR count). The van der Waals surface area contributed by atoms with Crippen LogP contribution in [-0.4, -0.2) is 54.9 Å². The van der Waals surface area contributed by atoms with Crippen LogP contribution in [0.15, 0.2) is 11.5 Å². The average molecular weight is 304 g/mol. The van der Waals surface area contributed by atoms with Crippen molar-refractivity contribution in [3.8, 4) is 0 Å². The lowest BCUT2D eigenvalue weighted by molar-refractivity contribution is -0.127. The van der Waals surface area contributed by atoms with Gasteiger partial charge in [-0.3, -0.25) is 14.4 Å².